The number of aliphatic hydroxyl groups is 4. The van der Waals surface area contributed by atoms with Crippen molar-refractivity contribution in [2.45, 2.75) is 50.9 Å². The zero-order valence-electron chi connectivity index (χ0n) is 8.06. The maximum Gasteiger partial charge on any atom is 0.106 e. The van der Waals surface area contributed by atoms with E-state index in [4.69, 9.17) is 5.11 Å². The molecule has 4 N–H and O–H groups in total. The fourth-order valence-corrected chi connectivity index (χ4v) is 1.13. The third-order valence-electron chi connectivity index (χ3n) is 2.11. The van der Waals surface area contributed by atoms with Crippen molar-refractivity contribution in [3.8, 4) is 0 Å². The van der Waals surface area contributed by atoms with Gasteiger partial charge in [-0.2, -0.15) is 0 Å². The summed E-state index contributed by atoms with van der Waals surface area (Å²) >= 11 is 0. The van der Waals surface area contributed by atoms with Crippen molar-refractivity contribution in [2.75, 3.05) is 6.61 Å². The first kappa shape index (κ1) is 12.8. The summed E-state index contributed by atoms with van der Waals surface area (Å²) in [5.41, 5.74) is 0. The van der Waals surface area contributed by atoms with E-state index in [0.29, 0.717) is 25.7 Å². The summed E-state index contributed by atoms with van der Waals surface area (Å²) in [6, 6.07) is 0. The van der Waals surface area contributed by atoms with Gasteiger partial charge in [-0.3, -0.25) is 0 Å². The summed E-state index contributed by atoms with van der Waals surface area (Å²) in [7, 11) is 0. The highest BCUT2D eigenvalue weighted by Crippen LogP contribution is 2.09. The average Bonchev–Trinajstić information content (AvgIpc) is 2.15. The van der Waals surface area contributed by atoms with Crippen LogP contribution in [0.3, 0.4) is 0 Å². The van der Waals surface area contributed by atoms with Gasteiger partial charge in [-0.05, 0) is 25.7 Å². The van der Waals surface area contributed by atoms with Crippen molar-refractivity contribution in [2.24, 2.45) is 0 Å². The first-order chi connectivity index (χ1) is 6.13. The molecule has 0 aromatic heterocycles. The van der Waals surface area contributed by atoms with Gasteiger partial charge in [0.05, 0.1) is 12.2 Å². The van der Waals surface area contributed by atoms with E-state index < -0.39 is 18.3 Å². The van der Waals surface area contributed by atoms with Crippen molar-refractivity contribution < 1.29 is 20.4 Å². The van der Waals surface area contributed by atoms with E-state index in [1.807, 2.05) is 0 Å². The minimum absolute atomic E-state index is 0.0964. The summed E-state index contributed by atoms with van der Waals surface area (Å²) < 4.78 is 0. The van der Waals surface area contributed by atoms with Crippen LogP contribution in [0, 0.1) is 0 Å². The van der Waals surface area contributed by atoms with Crippen LogP contribution in [-0.2, 0) is 0 Å². The van der Waals surface area contributed by atoms with Crippen LogP contribution in [0.2, 0.25) is 0 Å². The molecule has 0 spiro atoms. The predicted octanol–water partition coefficient (Wildman–Crippen LogP) is -0.358. The quantitative estimate of drug-likeness (QED) is 0.415. The molecule has 0 bridgehead atoms. The zero-order chi connectivity index (χ0) is 10.3. The minimum Gasteiger partial charge on any atom is -0.396 e. The number of hydrogen-bond acceptors (Lipinski definition) is 4. The smallest absolute Gasteiger partial charge is 0.106 e. The highest BCUT2D eigenvalue weighted by Gasteiger charge is 2.22. The molecule has 80 valence electrons. The molecule has 0 fully saturated rings. The zero-order valence-corrected chi connectivity index (χ0v) is 8.06. The molecule has 0 aliphatic carbocycles. The molecule has 13 heavy (non-hydrogen) atoms. The highest BCUT2D eigenvalue weighted by molar-refractivity contribution is 4.73. The van der Waals surface area contributed by atoms with E-state index in [9.17, 15) is 15.3 Å². The van der Waals surface area contributed by atoms with Gasteiger partial charge in [0.25, 0.3) is 0 Å². The van der Waals surface area contributed by atoms with E-state index in [0.717, 1.165) is 0 Å². The lowest BCUT2D eigenvalue weighted by Gasteiger charge is -2.21. The van der Waals surface area contributed by atoms with Gasteiger partial charge < -0.3 is 20.4 Å². The lowest BCUT2D eigenvalue weighted by Crippen LogP contribution is -2.36. The van der Waals surface area contributed by atoms with Crippen LogP contribution < -0.4 is 0 Å². The van der Waals surface area contributed by atoms with Crippen molar-refractivity contribution in [1.82, 2.24) is 0 Å². The Morgan fingerprint density at radius 2 is 1.62 bits per heavy atom. The molecule has 0 heterocycles. The van der Waals surface area contributed by atoms with Gasteiger partial charge in [-0.1, -0.05) is 6.92 Å². The summed E-state index contributed by atoms with van der Waals surface area (Å²) in [4.78, 5) is 0. The van der Waals surface area contributed by atoms with Gasteiger partial charge in [0.1, 0.15) is 6.10 Å². The Kier molecular flexibility index (Phi) is 7.17. The molecule has 0 aromatic carbocycles. The molecule has 3 atom stereocenters. The fourth-order valence-electron chi connectivity index (χ4n) is 1.13. The number of unbranched alkanes of at least 4 members (excludes halogenated alkanes) is 1. The summed E-state index contributed by atoms with van der Waals surface area (Å²) in [5.74, 6) is 0. The van der Waals surface area contributed by atoms with E-state index in [2.05, 4.69) is 0 Å². The van der Waals surface area contributed by atoms with Crippen LogP contribution in [0.5, 0.6) is 0 Å². The minimum atomic E-state index is -1.07. The fraction of sp³-hybridized carbons (Fsp3) is 1.00. The summed E-state index contributed by atoms with van der Waals surface area (Å²) in [6.45, 7) is 1.84. The highest BCUT2D eigenvalue weighted by atomic mass is 16.4. The summed E-state index contributed by atoms with van der Waals surface area (Å²) in [5, 5.41) is 36.4. The van der Waals surface area contributed by atoms with Crippen LogP contribution >= 0.6 is 0 Å². The molecule has 0 aromatic rings. The number of rotatable bonds is 7. The number of aliphatic hydroxyl groups excluding tert-OH is 4. The second kappa shape index (κ2) is 7.26. The molecule has 4 nitrogen and oxygen atoms in total. The van der Waals surface area contributed by atoms with Crippen molar-refractivity contribution in [1.29, 1.82) is 0 Å². The van der Waals surface area contributed by atoms with Crippen LogP contribution in [0.4, 0.5) is 0 Å². The van der Waals surface area contributed by atoms with E-state index in [-0.39, 0.29) is 6.61 Å². The largest absolute Gasteiger partial charge is 0.396 e. The molecule has 0 amide bonds. The van der Waals surface area contributed by atoms with Gasteiger partial charge in [0.2, 0.25) is 0 Å². The molecule has 0 rings (SSSR count). The Morgan fingerprint density at radius 3 is 2.08 bits per heavy atom. The summed E-state index contributed by atoms with van der Waals surface area (Å²) in [6.07, 6.45) is -0.692. The lowest BCUT2D eigenvalue weighted by molar-refractivity contribution is -0.0631. The predicted molar refractivity (Wildman–Crippen MR) is 49.2 cm³/mol. The molecular weight excluding hydrogens is 172 g/mol. The Balaban J connectivity index is 3.62. The molecular formula is C9H20O4. The first-order valence-electron chi connectivity index (χ1n) is 4.78. The van der Waals surface area contributed by atoms with Gasteiger partial charge in [0.15, 0.2) is 0 Å². The van der Waals surface area contributed by atoms with E-state index in [1.165, 1.54) is 0 Å². The second-order valence-corrected chi connectivity index (χ2v) is 3.25. The molecule has 0 aliphatic rings. The normalized spacial score (nSPS) is 18.2. The van der Waals surface area contributed by atoms with Gasteiger partial charge in [-0.15, -0.1) is 0 Å². The molecule has 0 aliphatic heterocycles. The standard InChI is InChI=1S/C9H20O4/c1-2-7(11)9(13)8(12)5-3-4-6-10/h7-13H,2-6H2,1H3. The van der Waals surface area contributed by atoms with Gasteiger partial charge >= 0.3 is 0 Å². The Labute approximate surface area is 78.8 Å². The Morgan fingerprint density at radius 1 is 1.00 bits per heavy atom. The van der Waals surface area contributed by atoms with Crippen molar-refractivity contribution in [3.63, 3.8) is 0 Å². The third kappa shape index (κ3) is 5.21. The van der Waals surface area contributed by atoms with Crippen molar-refractivity contribution in [3.05, 3.63) is 0 Å². The monoisotopic (exact) mass is 192 g/mol. The molecule has 0 radical (unpaired) electrons. The Hall–Kier alpha value is -0.160. The van der Waals surface area contributed by atoms with Crippen molar-refractivity contribution >= 4 is 0 Å². The number of hydrogen-bond donors (Lipinski definition) is 4. The third-order valence-corrected chi connectivity index (χ3v) is 2.11. The molecule has 0 saturated heterocycles. The van der Waals surface area contributed by atoms with E-state index >= 15 is 0 Å². The lowest BCUT2D eigenvalue weighted by atomic mass is 10.0. The van der Waals surface area contributed by atoms with Crippen LogP contribution in [0.1, 0.15) is 32.6 Å². The second-order valence-electron chi connectivity index (χ2n) is 3.25. The molecule has 0 saturated carbocycles. The maximum atomic E-state index is 9.35. The average molecular weight is 192 g/mol. The van der Waals surface area contributed by atoms with Crippen LogP contribution in [-0.4, -0.2) is 45.3 Å². The molecule has 4 heteroatoms. The van der Waals surface area contributed by atoms with Gasteiger partial charge in [-0.25, -0.2) is 0 Å². The first-order valence-corrected chi connectivity index (χ1v) is 4.78. The molecule has 3 unspecified atom stereocenters. The van der Waals surface area contributed by atoms with Gasteiger partial charge in [0, 0.05) is 6.61 Å². The van der Waals surface area contributed by atoms with E-state index in [1.54, 1.807) is 6.92 Å². The van der Waals surface area contributed by atoms with Crippen LogP contribution in [0.15, 0.2) is 0 Å². The maximum absolute atomic E-state index is 9.35. The SMILES string of the molecule is CCC(O)C(O)C(O)CCCCO. The van der Waals surface area contributed by atoms with Crippen LogP contribution in [0.25, 0.3) is 0 Å². The Bertz CT molecular complexity index is 118. The topological polar surface area (TPSA) is 80.9 Å².